The van der Waals surface area contributed by atoms with E-state index in [0.29, 0.717) is 5.75 Å². The van der Waals surface area contributed by atoms with Crippen molar-refractivity contribution >= 4 is 30.6 Å². The van der Waals surface area contributed by atoms with Gasteiger partial charge in [-0.1, -0.05) is 116 Å². The van der Waals surface area contributed by atoms with E-state index in [2.05, 4.69) is 19.9 Å². The van der Waals surface area contributed by atoms with E-state index in [1.54, 1.807) is 0 Å². The van der Waals surface area contributed by atoms with Crippen LogP contribution in [0.3, 0.4) is 0 Å². The van der Waals surface area contributed by atoms with Crippen LogP contribution in [0.15, 0.2) is 18.2 Å². The van der Waals surface area contributed by atoms with Gasteiger partial charge in [0.05, 0.1) is 0 Å². The molecule has 0 saturated carbocycles. The van der Waals surface area contributed by atoms with Crippen molar-refractivity contribution in [1.29, 1.82) is 0 Å². The molecule has 0 aliphatic heterocycles. The second-order valence-electron chi connectivity index (χ2n) is 8.88. The molecule has 1 aromatic rings. The van der Waals surface area contributed by atoms with Crippen molar-refractivity contribution in [2.24, 2.45) is 0 Å². The molecule has 180 valence electrons. The zero-order chi connectivity index (χ0) is 22.8. The molecular weight excluding hydrogens is 439 g/mol. The summed E-state index contributed by atoms with van der Waals surface area (Å²) >= 11 is 9.78. The maximum atomic E-state index is 12.0. The third-order valence-electron chi connectivity index (χ3n) is 6.02. The molecule has 0 bridgehead atoms. The van der Waals surface area contributed by atoms with Crippen LogP contribution < -0.4 is 9.42 Å². The van der Waals surface area contributed by atoms with Crippen LogP contribution in [0.4, 0.5) is 0 Å². The first-order valence-electron chi connectivity index (χ1n) is 12.8. The summed E-state index contributed by atoms with van der Waals surface area (Å²) in [6.45, 7) is 4.52. The highest BCUT2D eigenvalue weighted by molar-refractivity contribution is 8.69. The van der Waals surface area contributed by atoms with E-state index in [-0.39, 0.29) is 0 Å². The third kappa shape index (κ3) is 15.6. The number of rotatable bonds is 20. The van der Waals surface area contributed by atoms with Crippen LogP contribution in [-0.2, 0) is 37.3 Å². The molecule has 0 amide bonds. The van der Waals surface area contributed by atoms with E-state index in [0.717, 1.165) is 19.3 Å². The van der Waals surface area contributed by atoms with Crippen LogP contribution in [0.25, 0.3) is 0 Å². The fourth-order valence-electron chi connectivity index (χ4n) is 4.22. The van der Waals surface area contributed by atoms with E-state index >= 15 is 0 Å². The fourth-order valence-corrected chi connectivity index (χ4v) is 5.11. The lowest BCUT2D eigenvalue weighted by atomic mass is 9.95. The highest BCUT2D eigenvalue weighted by Gasteiger charge is 2.12. The number of benzene rings is 1. The van der Waals surface area contributed by atoms with Gasteiger partial charge in [0, 0.05) is 5.56 Å². The van der Waals surface area contributed by atoms with Gasteiger partial charge in [-0.25, -0.2) is 0 Å². The Bertz CT molecular complexity index is 561. The number of aryl methyl sites for hydroxylation is 1. The number of hydrogen-bond acceptors (Lipinski definition) is 4. The van der Waals surface area contributed by atoms with Crippen LogP contribution in [0.2, 0.25) is 0 Å². The van der Waals surface area contributed by atoms with Crippen molar-refractivity contribution in [3.05, 3.63) is 29.3 Å². The molecule has 0 radical (unpaired) electrons. The Kier molecular flexibility index (Phi) is 17.4. The van der Waals surface area contributed by atoms with Crippen LogP contribution in [0, 0.1) is 0 Å². The van der Waals surface area contributed by atoms with Crippen LogP contribution in [0.1, 0.15) is 128 Å². The second kappa shape index (κ2) is 18.5. The predicted octanol–water partition coefficient (Wildman–Crippen LogP) is 8.56. The summed E-state index contributed by atoms with van der Waals surface area (Å²) in [5.41, 5.74) is 2.51. The van der Waals surface area contributed by atoms with Gasteiger partial charge in [0.15, 0.2) is 5.75 Å². The summed E-state index contributed by atoms with van der Waals surface area (Å²) in [5, 5.41) is 0. The molecule has 1 rings (SSSR count). The summed E-state index contributed by atoms with van der Waals surface area (Å²) < 4.78 is 5.56. The lowest BCUT2D eigenvalue weighted by molar-refractivity contribution is -0.169. The van der Waals surface area contributed by atoms with Gasteiger partial charge in [0.1, 0.15) is 0 Å². The first-order valence-corrected chi connectivity index (χ1v) is 16.5. The standard InChI is InChI=1S/C26H47O2PS2/c1-3-5-7-9-11-13-15-17-20-24-21-19-23-26(28-29(27,30)31)25(24)22-18-16-14-12-10-8-6-4-2/h19,21,23H,3-18,20,22H2,1-2H3,(H2,27,30,31)/p-2. The lowest BCUT2D eigenvalue weighted by Crippen LogP contribution is -2.11. The van der Waals surface area contributed by atoms with Crippen molar-refractivity contribution < 1.29 is 9.42 Å². The summed E-state index contributed by atoms with van der Waals surface area (Å²) in [6.07, 6.45) is 19.6. The van der Waals surface area contributed by atoms with E-state index in [1.807, 2.05) is 12.1 Å². The molecule has 31 heavy (non-hydrogen) atoms. The molecule has 0 heterocycles. The van der Waals surface area contributed by atoms with E-state index < -0.39 is 6.12 Å². The highest BCUT2D eigenvalue weighted by Crippen LogP contribution is 2.47. The van der Waals surface area contributed by atoms with Gasteiger partial charge in [0.25, 0.3) is 0 Å². The Morgan fingerprint density at radius 2 is 1.13 bits per heavy atom. The number of hydrogen-bond donors (Lipinski definition) is 0. The fraction of sp³-hybridized carbons (Fsp3) is 0.769. The van der Waals surface area contributed by atoms with Crippen molar-refractivity contribution in [2.45, 2.75) is 129 Å². The summed E-state index contributed by atoms with van der Waals surface area (Å²) in [7, 11) is 0. The molecule has 0 aliphatic carbocycles. The SMILES string of the molecule is CCCCCCCCCCc1cccc(O[P+]([O-])([S-])[S-])c1CCCCCCCCCC. The topological polar surface area (TPSA) is 32.3 Å². The lowest BCUT2D eigenvalue weighted by Gasteiger charge is -2.42. The Labute approximate surface area is 204 Å². The normalized spacial score (nSPS) is 11.8. The van der Waals surface area contributed by atoms with Gasteiger partial charge < -0.3 is 33.9 Å². The zero-order valence-electron chi connectivity index (χ0n) is 20.0. The minimum atomic E-state index is -3.38. The van der Waals surface area contributed by atoms with Crippen molar-refractivity contribution in [3.8, 4) is 5.75 Å². The number of unbranched alkanes of at least 4 members (excludes halogenated alkanes) is 14. The summed E-state index contributed by atoms with van der Waals surface area (Å²) in [6, 6.07) is 6.08. The maximum absolute atomic E-state index is 12.0. The van der Waals surface area contributed by atoms with Gasteiger partial charge in [-0.05, 0) is 37.3 Å². The molecule has 0 fully saturated rings. The van der Waals surface area contributed by atoms with Gasteiger partial charge in [0.2, 0.25) is 0 Å². The molecule has 0 unspecified atom stereocenters. The van der Waals surface area contributed by atoms with Crippen LogP contribution in [-0.4, -0.2) is 0 Å². The van der Waals surface area contributed by atoms with Gasteiger partial charge in [-0.3, -0.25) is 0 Å². The van der Waals surface area contributed by atoms with Crippen molar-refractivity contribution in [1.82, 2.24) is 0 Å². The zero-order valence-corrected chi connectivity index (χ0v) is 22.6. The molecular formula is C26H45O2PS2-2. The average molecular weight is 485 g/mol. The predicted molar refractivity (Wildman–Crippen MR) is 141 cm³/mol. The Hall–Kier alpha value is 0.110. The van der Waals surface area contributed by atoms with Crippen molar-refractivity contribution in [2.75, 3.05) is 0 Å². The molecule has 5 heteroatoms. The smallest absolute Gasteiger partial charge is 0.171 e. The third-order valence-corrected chi connectivity index (χ3v) is 6.89. The molecule has 2 nitrogen and oxygen atoms in total. The first-order chi connectivity index (χ1) is 15.0. The minimum Gasteiger partial charge on any atom is -0.682 e. The summed E-state index contributed by atoms with van der Waals surface area (Å²) in [5.74, 6) is 0.661. The average Bonchev–Trinajstić information content (AvgIpc) is 2.72. The molecule has 0 atom stereocenters. The molecule has 0 saturated heterocycles. The first kappa shape index (κ1) is 29.1. The Balaban J connectivity index is 2.51. The van der Waals surface area contributed by atoms with E-state index in [9.17, 15) is 4.89 Å². The van der Waals surface area contributed by atoms with Gasteiger partial charge >= 0.3 is 0 Å². The molecule has 0 aliphatic rings. The minimum absolute atomic E-state index is 0.661. The maximum Gasteiger partial charge on any atom is 0.171 e. The molecule has 0 N–H and O–H groups in total. The second-order valence-corrected chi connectivity index (χ2v) is 13.5. The highest BCUT2D eigenvalue weighted by atomic mass is 33.1. The summed E-state index contributed by atoms with van der Waals surface area (Å²) in [4.78, 5) is 12.0. The molecule has 0 spiro atoms. The molecule has 1 aromatic carbocycles. The monoisotopic (exact) mass is 484 g/mol. The van der Waals surface area contributed by atoms with E-state index in [4.69, 9.17) is 29.0 Å². The Morgan fingerprint density at radius 3 is 1.61 bits per heavy atom. The van der Waals surface area contributed by atoms with Gasteiger partial charge in [-0.15, -0.1) is 6.12 Å². The Morgan fingerprint density at radius 1 is 0.677 bits per heavy atom. The van der Waals surface area contributed by atoms with E-state index in [1.165, 1.54) is 107 Å². The largest absolute Gasteiger partial charge is 0.682 e. The quantitative estimate of drug-likeness (QED) is 0.105. The van der Waals surface area contributed by atoms with Gasteiger partial charge in [-0.2, -0.15) is 0 Å². The molecule has 0 aromatic heterocycles. The van der Waals surface area contributed by atoms with Crippen molar-refractivity contribution in [3.63, 3.8) is 0 Å². The van der Waals surface area contributed by atoms with Crippen LogP contribution >= 0.6 is 6.12 Å². The van der Waals surface area contributed by atoms with Crippen LogP contribution in [0.5, 0.6) is 5.75 Å².